The second kappa shape index (κ2) is 7.28. The molecule has 2 aliphatic heterocycles. The Balaban J connectivity index is 1.54. The molecule has 136 valence electrons. The molecule has 4 atom stereocenters. The van der Waals surface area contributed by atoms with Crippen molar-refractivity contribution in [1.82, 2.24) is 14.9 Å². The van der Waals surface area contributed by atoms with Crippen molar-refractivity contribution in [2.45, 2.75) is 50.6 Å². The van der Waals surface area contributed by atoms with E-state index in [1.54, 1.807) is 12.4 Å². The molecule has 1 saturated carbocycles. The zero-order valence-electron chi connectivity index (χ0n) is 15.0. The van der Waals surface area contributed by atoms with Gasteiger partial charge in [0.1, 0.15) is 6.04 Å². The molecule has 25 heavy (non-hydrogen) atoms. The third-order valence-electron chi connectivity index (χ3n) is 6.09. The first-order chi connectivity index (χ1) is 12.2. The molecule has 4 rings (SSSR count). The number of nitrogens with zero attached hydrogens (tertiary/aromatic N) is 4. The first kappa shape index (κ1) is 16.8. The Morgan fingerprint density at radius 3 is 2.84 bits per heavy atom. The molecule has 1 aromatic rings. The van der Waals surface area contributed by atoms with Gasteiger partial charge in [0.15, 0.2) is 0 Å². The molecule has 3 aliphatic rings. The SMILES string of the molecule is CN(C[C@@H]1CCOC1)C(=O)[C@@H]1C[C@@H]2CCCC[C@@H]2N1c1ncccn1. The van der Waals surface area contributed by atoms with Crippen molar-refractivity contribution in [3.8, 4) is 0 Å². The Kier molecular flexibility index (Phi) is 4.88. The number of aromatic nitrogens is 2. The van der Waals surface area contributed by atoms with E-state index in [9.17, 15) is 4.79 Å². The zero-order valence-corrected chi connectivity index (χ0v) is 15.0. The molecule has 0 unspecified atom stereocenters. The number of carbonyl (C=O) groups is 1. The Bertz CT molecular complexity index is 590. The van der Waals surface area contributed by atoms with Gasteiger partial charge in [-0.05, 0) is 37.7 Å². The summed E-state index contributed by atoms with van der Waals surface area (Å²) in [5.74, 6) is 2.00. The number of rotatable bonds is 4. The van der Waals surface area contributed by atoms with Crippen LogP contribution in [0.25, 0.3) is 0 Å². The lowest BCUT2D eigenvalue weighted by Gasteiger charge is -2.34. The van der Waals surface area contributed by atoms with Gasteiger partial charge in [0.05, 0.1) is 6.61 Å². The first-order valence-electron chi connectivity index (χ1n) is 9.62. The van der Waals surface area contributed by atoms with Gasteiger partial charge < -0.3 is 14.5 Å². The van der Waals surface area contributed by atoms with Gasteiger partial charge in [0.25, 0.3) is 0 Å². The number of anilines is 1. The van der Waals surface area contributed by atoms with Crippen molar-refractivity contribution >= 4 is 11.9 Å². The van der Waals surface area contributed by atoms with E-state index in [1.807, 2.05) is 18.0 Å². The highest BCUT2D eigenvalue weighted by Gasteiger charge is 2.47. The highest BCUT2D eigenvalue weighted by atomic mass is 16.5. The van der Waals surface area contributed by atoms with E-state index >= 15 is 0 Å². The fourth-order valence-corrected chi connectivity index (χ4v) is 4.85. The summed E-state index contributed by atoms with van der Waals surface area (Å²) in [6.07, 6.45) is 10.4. The molecule has 3 heterocycles. The van der Waals surface area contributed by atoms with Gasteiger partial charge in [-0.3, -0.25) is 4.79 Å². The molecular weight excluding hydrogens is 316 g/mol. The summed E-state index contributed by atoms with van der Waals surface area (Å²) < 4.78 is 5.46. The quantitative estimate of drug-likeness (QED) is 0.837. The largest absolute Gasteiger partial charge is 0.381 e. The average molecular weight is 344 g/mol. The van der Waals surface area contributed by atoms with Crippen LogP contribution in [-0.4, -0.2) is 59.7 Å². The Labute approximate surface area is 149 Å². The lowest BCUT2D eigenvalue weighted by atomic mass is 9.84. The number of carbonyl (C=O) groups excluding carboxylic acids is 1. The molecule has 1 amide bonds. The maximum Gasteiger partial charge on any atom is 0.245 e. The van der Waals surface area contributed by atoms with Crippen LogP contribution in [0.4, 0.5) is 5.95 Å². The smallest absolute Gasteiger partial charge is 0.245 e. The van der Waals surface area contributed by atoms with Crippen molar-refractivity contribution in [3.63, 3.8) is 0 Å². The van der Waals surface area contributed by atoms with Crippen molar-refractivity contribution in [2.24, 2.45) is 11.8 Å². The monoisotopic (exact) mass is 344 g/mol. The van der Waals surface area contributed by atoms with Gasteiger partial charge >= 0.3 is 0 Å². The summed E-state index contributed by atoms with van der Waals surface area (Å²) in [5, 5.41) is 0. The summed E-state index contributed by atoms with van der Waals surface area (Å²) in [6.45, 7) is 2.39. The van der Waals surface area contributed by atoms with Gasteiger partial charge in [-0.2, -0.15) is 0 Å². The highest BCUT2D eigenvalue weighted by molar-refractivity contribution is 5.85. The zero-order chi connectivity index (χ0) is 17.2. The molecule has 2 saturated heterocycles. The molecule has 0 radical (unpaired) electrons. The number of ether oxygens (including phenoxy) is 1. The number of amides is 1. The lowest BCUT2D eigenvalue weighted by Crippen LogP contribution is -2.49. The third-order valence-corrected chi connectivity index (χ3v) is 6.09. The fourth-order valence-electron chi connectivity index (χ4n) is 4.85. The van der Waals surface area contributed by atoms with Crippen LogP contribution in [0, 0.1) is 11.8 Å². The Morgan fingerprint density at radius 2 is 2.08 bits per heavy atom. The van der Waals surface area contributed by atoms with Gasteiger partial charge in [-0.15, -0.1) is 0 Å². The van der Waals surface area contributed by atoms with E-state index in [4.69, 9.17) is 4.74 Å². The standard InChI is InChI=1S/C19H28N4O2/c1-22(12-14-7-10-25-13-14)18(24)17-11-15-5-2-3-6-16(15)23(17)19-20-8-4-9-21-19/h4,8-9,14-17H,2-3,5-7,10-13H2,1H3/t14-,15-,16-,17-/m0/s1. The van der Waals surface area contributed by atoms with E-state index in [0.29, 0.717) is 23.8 Å². The molecule has 0 spiro atoms. The second-order valence-corrected chi connectivity index (χ2v) is 7.77. The van der Waals surface area contributed by atoms with Crippen LogP contribution in [0.15, 0.2) is 18.5 Å². The van der Waals surface area contributed by atoms with Crippen molar-refractivity contribution in [1.29, 1.82) is 0 Å². The van der Waals surface area contributed by atoms with Crippen LogP contribution >= 0.6 is 0 Å². The van der Waals surface area contributed by atoms with E-state index in [2.05, 4.69) is 14.9 Å². The van der Waals surface area contributed by atoms with Gasteiger partial charge in [0, 0.05) is 44.6 Å². The fraction of sp³-hybridized carbons (Fsp3) is 0.737. The van der Waals surface area contributed by atoms with Crippen LogP contribution in [0.3, 0.4) is 0 Å². The maximum atomic E-state index is 13.2. The molecule has 0 N–H and O–H groups in total. The van der Waals surface area contributed by atoms with Gasteiger partial charge in [-0.1, -0.05) is 12.8 Å². The maximum absolute atomic E-state index is 13.2. The predicted octanol–water partition coefficient (Wildman–Crippen LogP) is 2.11. The van der Waals surface area contributed by atoms with Crippen LogP contribution in [0.5, 0.6) is 0 Å². The van der Waals surface area contributed by atoms with Crippen LogP contribution in [0.2, 0.25) is 0 Å². The molecule has 0 bridgehead atoms. The average Bonchev–Trinajstić information content (AvgIpc) is 3.29. The summed E-state index contributed by atoms with van der Waals surface area (Å²) >= 11 is 0. The van der Waals surface area contributed by atoms with Gasteiger partial charge in [0.2, 0.25) is 11.9 Å². The second-order valence-electron chi connectivity index (χ2n) is 7.77. The number of likely N-dealkylation sites (N-methyl/N-ethyl adjacent to an activating group) is 1. The van der Waals surface area contributed by atoms with E-state index in [0.717, 1.165) is 39.0 Å². The number of fused-ring (bicyclic) bond motifs is 1. The molecule has 1 aliphatic carbocycles. The summed E-state index contributed by atoms with van der Waals surface area (Å²) in [5.41, 5.74) is 0. The van der Waals surface area contributed by atoms with Crippen LogP contribution < -0.4 is 4.90 Å². The summed E-state index contributed by atoms with van der Waals surface area (Å²) in [4.78, 5) is 26.3. The molecule has 0 aromatic carbocycles. The number of hydrogen-bond acceptors (Lipinski definition) is 5. The topological polar surface area (TPSA) is 58.6 Å². The highest BCUT2D eigenvalue weighted by Crippen LogP contribution is 2.41. The molecule has 6 nitrogen and oxygen atoms in total. The van der Waals surface area contributed by atoms with E-state index in [1.165, 1.54) is 19.3 Å². The van der Waals surface area contributed by atoms with Crippen LogP contribution in [0.1, 0.15) is 38.5 Å². The molecule has 3 fully saturated rings. The molecular formula is C19H28N4O2. The predicted molar refractivity (Wildman–Crippen MR) is 95.2 cm³/mol. The first-order valence-corrected chi connectivity index (χ1v) is 9.62. The van der Waals surface area contributed by atoms with Crippen LogP contribution in [-0.2, 0) is 9.53 Å². The molecule has 6 heteroatoms. The minimum Gasteiger partial charge on any atom is -0.381 e. The lowest BCUT2D eigenvalue weighted by molar-refractivity contribution is -0.131. The third kappa shape index (κ3) is 3.36. The minimum atomic E-state index is -0.122. The van der Waals surface area contributed by atoms with E-state index in [-0.39, 0.29) is 11.9 Å². The van der Waals surface area contributed by atoms with Gasteiger partial charge in [-0.25, -0.2) is 9.97 Å². The van der Waals surface area contributed by atoms with Crippen molar-refractivity contribution in [2.75, 3.05) is 31.7 Å². The normalized spacial score (nSPS) is 31.8. The summed E-state index contributed by atoms with van der Waals surface area (Å²) in [7, 11) is 1.94. The summed E-state index contributed by atoms with van der Waals surface area (Å²) in [6, 6.07) is 2.12. The Hall–Kier alpha value is -1.69. The van der Waals surface area contributed by atoms with Crippen molar-refractivity contribution in [3.05, 3.63) is 18.5 Å². The van der Waals surface area contributed by atoms with E-state index < -0.39 is 0 Å². The minimum absolute atomic E-state index is 0.122. The molecule has 1 aromatic heterocycles. The van der Waals surface area contributed by atoms with Crippen molar-refractivity contribution < 1.29 is 9.53 Å². The Morgan fingerprint density at radius 1 is 1.28 bits per heavy atom. The number of hydrogen-bond donors (Lipinski definition) is 0.